The molecule has 3 N–H and O–H groups in total. The van der Waals surface area contributed by atoms with Gasteiger partial charge in [0.1, 0.15) is 5.37 Å². The van der Waals surface area contributed by atoms with Gasteiger partial charge in [0.25, 0.3) is 0 Å². The van der Waals surface area contributed by atoms with E-state index >= 15 is 0 Å². The molecule has 6 atom stereocenters. The summed E-state index contributed by atoms with van der Waals surface area (Å²) in [6.07, 6.45) is 9.35. The second-order valence-electron chi connectivity index (χ2n) is 8.47. The van der Waals surface area contributed by atoms with Gasteiger partial charge in [0.05, 0.1) is 12.2 Å². The third-order valence-corrected chi connectivity index (χ3v) is 9.76. The molecule has 4 aliphatic rings. The lowest BCUT2D eigenvalue weighted by Gasteiger charge is -2.43. The standard InChI is InChI=1S/C19H31BrN4OS/c20-18-15(7-8-16-19(18)26-17(10-21)23-16)22-12-3-5-13(6-4-12)24-9-1-2-14(25)11-24/h12-19,22-23,25H,1-9,11H2/t12?,13?,14-,15?,16?,17?,18?,19?/m1/s1. The van der Waals surface area contributed by atoms with Crippen LogP contribution in [0.4, 0.5) is 0 Å². The van der Waals surface area contributed by atoms with Crippen LogP contribution in [-0.2, 0) is 0 Å². The molecule has 2 aliphatic carbocycles. The molecular weight excluding hydrogens is 412 g/mol. The number of β-amino-alcohol motifs (C(OH)–C–C–N with tert-alkyl or cyclic N) is 1. The topological polar surface area (TPSA) is 71.3 Å². The predicted molar refractivity (Wildman–Crippen MR) is 109 cm³/mol. The van der Waals surface area contributed by atoms with Crippen molar-refractivity contribution in [3.8, 4) is 6.07 Å². The smallest absolute Gasteiger partial charge is 0.143 e. The number of hydrogen-bond donors (Lipinski definition) is 3. The first-order valence-electron chi connectivity index (χ1n) is 10.3. The molecule has 0 aromatic carbocycles. The zero-order valence-electron chi connectivity index (χ0n) is 15.3. The summed E-state index contributed by atoms with van der Waals surface area (Å²) < 4.78 is 0. The summed E-state index contributed by atoms with van der Waals surface area (Å²) in [7, 11) is 0. The van der Waals surface area contributed by atoms with E-state index in [4.69, 9.17) is 0 Å². The van der Waals surface area contributed by atoms with Gasteiger partial charge in [-0.05, 0) is 57.9 Å². The van der Waals surface area contributed by atoms with Crippen molar-refractivity contribution in [3.63, 3.8) is 0 Å². The van der Waals surface area contributed by atoms with Gasteiger partial charge in [-0.15, -0.1) is 11.8 Å². The Morgan fingerprint density at radius 1 is 1.15 bits per heavy atom. The lowest BCUT2D eigenvalue weighted by atomic mass is 9.86. The average Bonchev–Trinajstić information content (AvgIpc) is 3.09. The van der Waals surface area contributed by atoms with E-state index in [-0.39, 0.29) is 11.5 Å². The van der Waals surface area contributed by atoms with Gasteiger partial charge in [0.15, 0.2) is 0 Å². The van der Waals surface area contributed by atoms with Crippen LogP contribution in [0.15, 0.2) is 0 Å². The summed E-state index contributed by atoms with van der Waals surface area (Å²) in [6.45, 7) is 2.04. The molecule has 26 heavy (non-hydrogen) atoms. The number of nitriles is 1. The highest BCUT2D eigenvalue weighted by Crippen LogP contribution is 2.40. The molecule has 0 radical (unpaired) electrons. The average molecular weight is 443 g/mol. The van der Waals surface area contributed by atoms with E-state index in [1.54, 1.807) is 11.8 Å². The number of rotatable bonds is 3. The maximum Gasteiger partial charge on any atom is 0.143 e. The van der Waals surface area contributed by atoms with Crippen LogP contribution in [-0.4, -0.2) is 68.8 Å². The van der Waals surface area contributed by atoms with Crippen molar-refractivity contribution < 1.29 is 5.11 Å². The highest BCUT2D eigenvalue weighted by Gasteiger charge is 2.45. The minimum atomic E-state index is -0.112. The zero-order valence-corrected chi connectivity index (χ0v) is 17.7. The highest BCUT2D eigenvalue weighted by atomic mass is 79.9. The second kappa shape index (κ2) is 8.67. The first-order valence-corrected chi connectivity index (χ1v) is 12.1. The first kappa shape index (κ1) is 19.5. The van der Waals surface area contributed by atoms with Crippen LogP contribution < -0.4 is 10.6 Å². The van der Waals surface area contributed by atoms with Crippen molar-refractivity contribution in [2.75, 3.05) is 13.1 Å². The first-order chi connectivity index (χ1) is 12.6. The maximum absolute atomic E-state index is 9.93. The van der Waals surface area contributed by atoms with Gasteiger partial charge in [0.2, 0.25) is 0 Å². The fourth-order valence-electron chi connectivity index (χ4n) is 5.34. The second-order valence-corrected chi connectivity index (χ2v) is 10.8. The van der Waals surface area contributed by atoms with Crippen molar-refractivity contribution in [1.82, 2.24) is 15.5 Å². The largest absolute Gasteiger partial charge is 0.392 e. The molecule has 5 nitrogen and oxygen atoms in total. The Labute approximate surface area is 169 Å². The summed E-state index contributed by atoms with van der Waals surface area (Å²) in [6, 6.07) is 4.65. The minimum absolute atomic E-state index is 0.0425. The minimum Gasteiger partial charge on any atom is -0.392 e. The molecule has 4 rings (SSSR count). The molecular formula is C19H31BrN4OS. The molecule has 4 fully saturated rings. The van der Waals surface area contributed by atoms with Crippen LogP contribution in [0.25, 0.3) is 0 Å². The molecule has 0 aromatic rings. The SMILES string of the molecule is N#CC1NC2CCC(NC3CCC(N4CCC[C@@H](O)C4)CC3)C(Br)C2S1. The van der Waals surface area contributed by atoms with E-state index in [1.807, 2.05) is 0 Å². The fraction of sp³-hybridized carbons (Fsp3) is 0.947. The number of likely N-dealkylation sites (tertiary alicyclic amines) is 1. The van der Waals surface area contributed by atoms with Crippen LogP contribution in [0.3, 0.4) is 0 Å². The summed E-state index contributed by atoms with van der Waals surface area (Å²) >= 11 is 5.76. The van der Waals surface area contributed by atoms with Crippen LogP contribution in [0, 0.1) is 11.3 Å². The van der Waals surface area contributed by atoms with Gasteiger partial charge >= 0.3 is 0 Å². The number of aliphatic hydroxyl groups is 1. The third kappa shape index (κ3) is 4.26. The lowest BCUT2D eigenvalue weighted by molar-refractivity contribution is 0.0328. The van der Waals surface area contributed by atoms with Gasteiger partial charge in [-0.2, -0.15) is 5.26 Å². The molecule has 146 valence electrons. The number of nitrogens with one attached hydrogen (secondary N) is 2. The normalized spacial score (nSPS) is 47.3. The monoisotopic (exact) mass is 442 g/mol. The number of alkyl halides is 1. The van der Waals surface area contributed by atoms with Crippen molar-refractivity contribution >= 4 is 27.7 Å². The molecule has 2 saturated carbocycles. The molecule has 7 heteroatoms. The van der Waals surface area contributed by atoms with Gasteiger partial charge in [-0.25, -0.2) is 0 Å². The van der Waals surface area contributed by atoms with E-state index in [2.05, 4.69) is 37.5 Å². The van der Waals surface area contributed by atoms with Gasteiger partial charge in [0, 0.05) is 40.8 Å². The quantitative estimate of drug-likeness (QED) is 0.581. The lowest BCUT2D eigenvalue weighted by Crippen LogP contribution is -2.55. The van der Waals surface area contributed by atoms with Crippen molar-refractivity contribution in [3.05, 3.63) is 0 Å². The Kier molecular flexibility index (Phi) is 6.49. The Bertz CT molecular complexity index is 524. The number of halogens is 1. The summed E-state index contributed by atoms with van der Waals surface area (Å²) in [4.78, 5) is 2.97. The van der Waals surface area contributed by atoms with Crippen LogP contribution >= 0.6 is 27.7 Å². The van der Waals surface area contributed by atoms with E-state index in [0.29, 0.717) is 34.2 Å². The van der Waals surface area contributed by atoms with E-state index in [9.17, 15) is 10.4 Å². The Morgan fingerprint density at radius 2 is 1.96 bits per heavy atom. The molecule has 0 spiro atoms. The van der Waals surface area contributed by atoms with Crippen LogP contribution in [0.1, 0.15) is 51.4 Å². The summed E-state index contributed by atoms with van der Waals surface area (Å²) in [5.74, 6) is 0. The fourth-order valence-corrected chi connectivity index (χ4v) is 7.87. The molecule has 0 amide bonds. The van der Waals surface area contributed by atoms with Crippen molar-refractivity contribution in [1.29, 1.82) is 5.26 Å². The van der Waals surface area contributed by atoms with Crippen LogP contribution in [0.2, 0.25) is 0 Å². The Hall–Kier alpha value is 0.160. The molecule has 5 unspecified atom stereocenters. The number of hydrogen-bond acceptors (Lipinski definition) is 6. The molecule has 0 bridgehead atoms. The molecule has 2 heterocycles. The molecule has 2 aliphatic heterocycles. The zero-order chi connectivity index (χ0) is 18.1. The van der Waals surface area contributed by atoms with Crippen molar-refractivity contribution in [2.24, 2.45) is 0 Å². The number of piperidine rings is 1. The number of nitrogens with zero attached hydrogens (tertiary/aromatic N) is 2. The molecule has 0 aromatic heterocycles. The Morgan fingerprint density at radius 3 is 2.69 bits per heavy atom. The van der Waals surface area contributed by atoms with E-state index in [1.165, 1.54) is 38.6 Å². The number of fused-ring (bicyclic) bond motifs is 1. The van der Waals surface area contributed by atoms with Crippen LogP contribution in [0.5, 0.6) is 0 Å². The van der Waals surface area contributed by atoms with E-state index in [0.717, 1.165) is 25.8 Å². The maximum atomic E-state index is 9.93. The van der Waals surface area contributed by atoms with Gasteiger partial charge in [-0.1, -0.05) is 15.9 Å². The molecule has 2 saturated heterocycles. The predicted octanol–water partition coefficient (Wildman–Crippen LogP) is 2.19. The van der Waals surface area contributed by atoms with Gasteiger partial charge < -0.3 is 10.4 Å². The van der Waals surface area contributed by atoms with Crippen molar-refractivity contribution in [2.45, 2.75) is 97.1 Å². The van der Waals surface area contributed by atoms with Gasteiger partial charge in [-0.3, -0.25) is 10.2 Å². The Balaban J connectivity index is 1.25. The number of thioether (sulfide) groups is 1. The summed E-state index contributed by atoms with van der Waals surface area (Å²) in [5.41, 5.74) is 0. The number of aliphatic hydroxyl groups excluding tert-OH is 1. The third-order valence-electron chi connectivity index (χ3n) is 6.75. The summed E-state index contributed by atoms with van der Waals surface area (Å²) in [5, 5.41) is 27.0. The highest BCUT2D eigenvalue weighted by molar-refractivity contribution is 9.09. The van der Waals surface area contributed by atoms with E-state index < -0.39 is 0 Å².